The Kier molecular flexibility index (Phi) is 7.83. The molecule has 0 amide bonds. The van der Waals surface area contributed by atoms with Gasteiger partial charge in [0.25, 0.3) is 0 Å². The minimum absolute atomic E-state index is 0.327. The lowest BCUT2D eigenvalue weighted by molar-refractivity contribution is 0.0873. The van der Waals surface area contributed by atoms with Crippen LogP contribution in [0.4, 0.5) is 0 Å². The first kappa shape index (κ1) is 14.6. The molecule has 92 valence electrons. The third kappa shape index (κ3) is 4.80. The Balaban J connectivity index is 2.39. The molecule has 1 rings (SSSR count). The Morgan fingerprint density at radius 2 is 2.44 bits per heavy atom. The molecule has 5 nitrogen and oxygen atoms in total. The van der Waals surface area contributed by atoms with E-state index in [2.05, 4.69) is 33.0 Å². The van der Waals surface area contributed by atoms with Crippen LogP contribution in [-0.2, 0) is 4.52 Å². The molecule has 0 radical (unpaired) electrons. The fourth-order valence-corrected chi connectivity index (χ4v) is 3.54. The summed E-state index contributed by atoms with van der Waals surface area (Å²) in [5.41, 5.74) is 8.21. The highest BCUT2D eigenvalue weighted by Crippen LogP contribution is 2.33. The summed E-state index contributed by atoms with van der Waals surface area (Å²) in [6.07, 6.45) is 4.62. The van der Waals surface area contributed by atoms with Crippen LogP contribution in [0.5, 0.6) is 0 Å². The maximum absolute atomic E-state index is 8.21. The van der Waals surface area contributed by atoms with Gasteiger partial charge in [0, 0.05) is 32.5 Å². The van der Waals surface area contributed by atoms with Gasteiger partial charge in [-0.2, -0.15) is 0 Å². The van der Waals surface area contributed by atoms with Gasteiger partial charge in [0.05, 0.1) is 6.10 Å². The molecule has 1 heterocycles. The SMILES string of the molecule is [N-]=[N+]=NCCC[C@@H]1[C@@H](OPP)CCCN1P. The zero-order chi connectivity index (χ0) is 11.8. The van der Waals surface area contributed by atoms with Gasteiger partial charge in [0.2, 0.25) is 0 Å². The first-order valence-electron chi connectivity index (χ1n) is 5.43. The van der Waals surface area contributed by atoms with Crippen molar-refractivity contribution in [2.45, 2.75) is 37.8 Å². The van der Waals surface area contributed by atoms with Gasteiger partial charge < -0.3 is 4.52 Å². The van der Waals surface area contributed by atoms with Crippen LogP contribution in [-0.4, -0.2) is 29.9 Å². The van der Waals surface area contributed by atoms with Gasteiger partial charge in [-0.1, -0.05) is 23.4 Å². The third-order valence-corrected chi connectivity index (χ3v) is 4.29. The Morgan fingerprint density at radius 3 is 3.12 bits per heavy atom. The summed E-state index contributed by atoms with van der Waals surface area (Å²) in [4.78, 5) is 2.77. The van der Waals surface area contributed by atoms with Crippen LogP contribution in [0.25, 0.3) is 10.4 Å². The molecule has 0 aromatic rings. The first-order valence-corrected chi connectivity index (χ1v) is 8.66. The number of azide groups is 1. The molecule has 16 heavy (non-hydrogen) atoms. The van der Waals surface area contributed by atoms with Gasteiger partial charge in [-0.25, -0.2) is 0 Å². The summed E-state index contributed by atoms with van der Waals surface area (Å²) in [5, 5.41) is 3.56. The van der Waals surface area contributed by atoms with Crippen molar-refractivity contribution < 1.29 is 4.52 Å². The van der Waals surface area contributed by atoms with Crippen LogP contribution < -0.4 is 0 Å². The molecule has 1 saturated heterocycles. The topological polar surface area (TPSA) is 61.2 Å². The van der Waals surface area contributed by atoms with E-state index in [-0.39, 0.29) is 0 Å². The number of piperidine rings is 1. The van der Waals surface area contributed by atoms with E-state index in [0.29, 0.717) is 27.2 Å². The van der Waals surface area contributed by atoms with Gasteiger partial charge in [-0.05, 0) is 31.2 Å². The monoisotopic (exact) mass is 280 g/mol. The van der Waals surface area contributed by atoms with Gasteiger partial charge in [0.1, 0.15) is 0 Å². The average molecular weight is 280 g/mol. The molecule has 0 aliphatic carbocycles. The van der Waals surface area contributed by atoms with E-state index in [1.807, 2.05) is 0 Å². The zero-order valence-electron chi connectivity index (χ0n) is 9.25. The van der Waals surface area contributed by atoms with Crippen molar-refractivity contribution in [3.8, 4) is 0 Å². The molecule has 3 unspecified atom stereocenters. The molecule has 1 aliphatic rings. The Hall–Kier alpha value is 0.520. The molecule has 8 heteroatoms. The van der Waals surface area contributed by atoms with Crippen molar-refractivity contribution >= 4 is 26.8 Å². The zero-order valence-corrected chi connectivity index (χ0v) is 12.6. The van der Waals surface area contributed by atoms with E-state index in [4.69, 9.17) is 10.1 Å². The van der Waals surface area contributed by atoms with Crippen molar-refractivity contribution in [1.29, 1.82) is 0 Å². The largest absolute Gasteiger partial charge is 0.354 e. The van der Waals surface area contributed by atoms with Crippen LogP contribution in [0.3, 0.4) is 0 Å². The second-order valence-electron chi connectivity index (χ2n) is 3.82. The smallest absolute Gasteiger partial charge is 0.0777 e. The Bertz CT molecular complexity index is 247. The van der Waals surface area contributed by atoms with Crippen molar-refractivity contribution in [2.24, 2.45) is 5.11 Å². The standard InChI is InChI=1S/C8H19N4OP3/c9-11-10-5-1-3-7-8(13-16-15)4-2-6-12(7)14/h7-8,16H,1-6,14-15H2/t7-,8+/m1/s1. The predicted molar refractivity (Wildman–Crippen MR) is 75.6 cm³/mol. The molecule has 0 N–H and O–H groups in total. The van der Waals surface area contributed by atoms with E-state index < -0.39 is 0 Å². The van der Waals surface area contributed by atoms with Crippen molar-refractivity contribution in [1.82, 2.24) is 4.67 Å². The van der Waals surface area contributed by atoms with Gasteiger partial charge in [0.15, 0.2) is 0 Å². The van der Waals surface area contributed by atoms with Crippen molar-refractivity contribution in [3.63, 3.8) is 0 Å². The molecular weight excluding hydrogens is 261 g/mol. The van der Waals surface area contributed by atoms with Crippen LogP contribution >= 0.6 is 26.8 Å². The highest BCUT2D eigenvalue weighted by Gasteiger charge is 2.29. The van der Waals surface area contributed by atoms with E-state index in [1.54, 1.807) is 0 Å². The summed E-state index contributed by atoms with van der Waals surface area (Å²) in [7, 11) is 5.89. The van der Waals surface area contributed by atoms with E-state index in [9.17, 15) is 0 Å². The Morgan fingerprint density at radius 1 is 1.62 bits per heavy atom. The second-order valence-corrected chi connectivity index (χ2v) is 5.66. The lowest BCUT2D eigenvalue weighted by Gasteiger charge is -2.38. The first-order chi connectivity index (χ1) is 7.79. The maximum Gasteiger partial charge on any atom is 0.0777 e. The molecule has 1 fully saturated rings. The molecule has 0 spiro atoms. The van der Waals surface area contributed by atoms with Gasteiger partial charge in [-0.15, -0.1) is 0 Å². The highest BCUT2D eigenvalue weighted by atomic mass is 32.0. The molecule has 0 aromatic carbocycles. The highest BCUT2D eigenvalue weighted by molar-refractivity contribution is 8.00. The molecule has 0 bridgehead atoms. The lowest BCUT2D eigenvalue weighted by Crippen LogP contribution is -2.43. The summed E-state index contributed by atoms with van der Waals surface area (Å²) in [6.45, 7) is 1.69. The van der Waals surface area contributed by atoms with Gasteiger partial charge >= 0.3 is 0 Å². The fraction of sp³-hybridized carbons (Fsp3) is 1.00. The summed E-state index contributed by atoms with van der Waals surface area (Å²) < 4.78 is 8.04. The van der Waals surface area contributed by atoms with E-state index >= 15 is 0 Å². The van der Waals surface area contributed by atoms with E-state index in [0.717, 1.165) is 25.8 Å². The normalized spacial score (nSPS) is 27.1. The molecule has 0 aromatic heterocycles. The quantitative estimate of drug-likeness (QED) is 0.247. The summed E-state index contributed by atoms with van der Waals surface area (Å²) in [6, 6.07) is 0.445. The molecule has 5 atom stereocenters. The van der Waals surface area contributed by atoms with Crippen molar-refractivity contribution in [3.05, 3.63) is 10.4 Å². The number of nitrogens with zero attached hydrogens (tertiary/aromatic N) is 4. The minimum Gasteiger partial charge on any atom is -0.354 e. The lowest BCUT2D eigenvalue weighted by atomic mass is 9.97. The fourth-order valence-electron chi connectivity index (χ4n) is 2.04. The molecule has 1 aliphatic heterocycles. The van der Waals surface area contributed by atoms with Crippen LogP contribution in [0.15, 0.2) is 5.11 Å². The number of hydrogen-bond acceptors (Lipinski definition) is 3. The summed E-state index contributed by atoms with van der Waals surface area (Å²) >= 11 is 0. The molecule has 0 saturated carbocycles. The van der Waals surface area contributed by atoms with Crippen LogP contribution in [0.1, 0.15) is 25.7 Å². The molecular formula is C8H19N4OP3. The third-order valence-electron chi connectivity index (χ3n) is 2.80. The summed E-state index contributed by atoms with van der Waals surface area (Å²) in [5.74, 6) is 0. The van der Waals surface area contributed by atoms with E-state index in [1.165, 1.54) is 6.42 Å². The maximum atomic E-state index is 8.21. The second kappa shape index (κ2) is 8.59. The average Bonchev–Trinajstić information content (AvgIpc) is 2.28. The predicted octanol–water partition coefficient (Wildman–Crippen LogP) is 3.10. The Labute approximate surface area is 103 Å². The number of rotatable bonds is 6. The van der Waals surface area contributed by atoms with Crippen LogP contribution in [0, 0.1) is 0 Å². The number of hydrogen-bond donors (Lipinski definition) is 0. The van der Waals surface area contributed by atoms with Crippen LogP contribution in [0.2, 0.25) is 0 Å². The van der Waals surface area contributed by atoms with Crippen molar-refractivity contribution in [2.75, 3.05) is 13.1 Å². The van der Waals surface area contributed by atoms with Gasteiger partial charge in [-0.3, -0.25) is 4.67 Å². The minimum atomic E-state index is 0.327.